The molecule has 0 unspecified atom stereocenters. The summed E-state index contributed by atoms with van der Waals surface area (Å²) < 4.78 is 0. The highest BCUT2D eigenvalue weighted by molar-refractivity contribution is 6.36. The molecule has 0 aliphatic heterocycles. The van der Waals surface area contributed by atoms with E-state index in [-0.39, 0.29) is 17.7 Å². The molecule has 0 radical (unpaired) electrons. The Kier molecular flexibility index (Phi) is 7.10. The first-order valence-corrected chi connectivity index (χ1v) is 9.20. The first-order valence-electron chi connectivity index (χ1n) is 9.20. The van der Waals surface area contributed by atoms with Gasteiger partial charge in [-0.25, -0.2) is 0 Å². The van der Waals surface area contributed by atoms with Crippen molar-refractivity contribution in [3.8, 4) is 0 Å². The molecule has 0 aromatic heterocycles. The summed E-state index contributed by atoms with van der Waals surface area (Å²) in [5.41, 5.74) is 5.87. The molecule has 0 saturated carbocycles. The summed E-state index contributed by atoms with van der Waals surface area (Å²) in [5.74, 6) is 0. The van der Waals surface area contributed by atoms with Crippen molar-refractivity contribution in [2.75, 3.05) is 7.11 Å². The number of hydrogen-bond acceptors (Lipinski definition) is 5. The summed E-state index contributed by atoms with van der Waals surface area (Å²) in [7, 11) is 1.41. The normalized spacial score (nSPS) is 12.6. The van der Waals surface area contributed by atoms with Gasteiger partial charge in [-0.3, -0.25) is 4.79 Å². The van der Waals surface area contributed by atoms with Crippen LogP contribution in [-0.2, 0) is 26.5 Å². The standard InChI is InChI=1S/C23H28N2O3/c1-16-9-7-12-20(22(14-26)25-27-6)21(16)15-28-24-17(2)18-10-8-11-19(13-18)23(3,4)5/h7-14H,15H2,1-6H3/b24-17+,25-22-. The van der Waals surface area contributed by atoms with Gasteiger partial charge in [0.25, 0.3) is 0 Å². The van der Waals surface area contributed by atoms with Crippen LogP contribution in [0.5, 0.6) is 0 Å². The van der Waals surface area contributed by atoms with E-state index in [0.717, 1.165) is 22.4 Å². The molecular weight excluding hydrogens is 352 g/mol. The average molecular weight is 380 g/mol. The monoisotopic (exact) mass is 380 g/mol. The van der Waals surface area contributed by atoms with Gasteiger partial charge in [0.2, 0.25) is 0 Å². The predicted molar refractivity (Wildman–Crippen MR) is 113 cm³/mol. The van der Waals surface area contributed by atoms with E-state index in [1.54, 1.807) is 0 Å². The van der Waals surface area contributed by atoms with Crippen LogP contribution in [-0.4, -0.2) is 24.8 Å². The number of aryl methyl sites for hydroxylation is 1. The van der Waals surface area contributed by atoms with Crippen LogP contribution in [0.2, 0.25) is 0 Å². The van der Waals surface area contributed by atoms with E-state index in [2.05, 4.69) is 43.2 Å². The van der Waals surface area contributed by atoms with Crippen LogP contribution in [0.15, 0.2) is 52.8 Å². The van der Waals surface area contributed by atoms with Crippen LogP contribution < -0.4 is 0 Å². The van der Waals surface area contributed by atoms with Gasteiger partial charge in [-0.05, 0) is 42.0 Å². The van der Waals surface area contributed by atoms with E-state index < -0.39 is 0 Å². The molecule has 5 heteroatoms. The highest BCUT2D eigenvalue weighted by Crippen LogP contribution is 2.23. The fraction of sp³-hybridized carbons (Fsp3) is 0.348. The quantitative estimate of drug-likeness (QED) is 0.394. The Morgan fingerprint density at radius 2 is 1.82 bits per heavy atom. The van der Waals surface area contributed by atoms with E-state index in [1.807, 2.05) is 44.2 Å². The molecule has 2 aromatic carbocycles. The largest absolute Gasteiger partial charge is 0.399 e. The maximum Gasteiger partial charge on any atom is 0.172 e. The molecule has 0 N–H and O–H groups in total. The Morgan fingerprint density at radius 3 is 2.46 bits per heavy atom. The Bertz CT molecular complexity index is 893. The van der Waals surface area contributed by atoms with Gasteiger partial charge in [-0.1, -0.05) is 67.5 Å². The van der Waals surface area contributed by atoms with Crippen LogP contribution in [0.4, 0.5) is 0 Å². The SMILES string of the molecule is CO/N=C(/C=O)c1cccc(C)c1CO/N=C(\C)c1cccc(C(C)(C)C)c1. The smallest absolute Gasteiger partial charge is 0.172 e. The summed E-state index contributed by atoms with van der Waals surface area (Å²) >= 11 is 0. The van der Waals surface area contributed by atoms with Gasteiger partial charge >= 0.3 is 0 Å². The van der Waals surface area contributed by atoms with Crippen molar-refractivity contribution in [3.05, 3.63) is 70.3 Å². The van der Waals surface area contributed by atoms with Gasteiger partial charge in [-0.2, -0.15) is 0 Å². The first kappa shape index (κ1) is 21.4. The van der Waals surface area contributed by atoms with Gasteiger partial charge in [-0.15, -0.1) is 0 Å². The molecule has 0 atom stereocenters. The molecule has 0 heterocycles. The predicted octanol–water partition coefficient (Wildman–Crippen LogP) is 4.78. The topological polar surface area (TPSA) is 60.2 Å². The number of aldehydes is 1. The van der Waals surface area contributed by atoms with Gasteiger partial charge in [0.15, 0.2) is 6.29 Å². The number of oxime groups is 2. The van der Waals surface area contributed by atoms with Crippen molar-refractivity contribution in [1.29, 1.82) is 0 Å². The third kappa shape index (κ3) is 5.28. The van der Waals surface area contributed by atoms with Crippen molar-refractivity contribution in [1.82, 2.24) is 0 Å². The molecule has 2 aromatic rings. The van der Waals surface area contributed by atoms with Crippen molar-refractivity contribution in [2.45, 2.75) is 46.6 Å². The zero-order valence-electron chi connectivity index (χ0n) is 17.4. The zero-order valence-corrected chi connectivity index (χ0v) is 17.4. The van der Waals surface area contributed by atoms with E-state index in [0.29, 0.717) is 11.8 Å². The third-order valence-corrected chi connectivity index (χ3v) is 4.54. The van der Waals surface area contributed by atoms with E-state index in [9.17, 15) is 4.79 Å². The van der Waals surface area contributed by atoms with Crippen LogP contribution in [0.3, 0.4) is 0 Å². The molecule has 0 aliphatic carbocycles. The minimum atomic E-state index is 0.0686. The first-order chi connectivity index (χ1) is 13.3. The molecular formula is C23H28N2O3. The summed E-state index contributed by atoms with van der Waals surface area (Å²) in [6.07, 6.45) is 0.675. The maximum atomic E-state index is 11.4. The van der Waals surface area contributed by atoms with Crippen molar-refractivity contribution >= 4 is 17.7 Å². The lowest BCUT2D eigenvalue weighted by atomic mass is 9.86. The van der Waals surface area contributed by atoms with Crippen LogP contribution >= 0.6 is 0 Å². The molecule has 0 spiro atoms. The molecule has 28 heavy (non-hydrogen) atoms. The van der Waals surface area contributed by atoms with Crippen LogP contribution in [0.1, 0.15) is 55.5 Å². The molecule has 0 aliphatic rings. The highest BCUT2D eigenvalue weighted by Gasteiger charge is 2.15. The second-order valence-electron chi connectivity index (χ2n) is 7.66. The Morgan fingerprint density at radius 1 is 1.11 bits per heavy atom. The summed E-state index contributed by atoms with van der Waals surface area (Å²) in [5, 5.41) is 8.08. The molecule has 5 nitrogen and oxygen atoms in total. The lowest BCUT2D eigenvalue weighted by Gasteiger charge is -2.19. The number of rotatable bonds is 7. The second kappa shape index (κ2) is 9.31. The Hall–Kier alpha value is -2.95. The summed E-state index contributed by atoms with van der Waals surface area (Å²) in [6.45, 7) is 10.7. The lowest BCUT2D eigenvalue weighted by Crippen LogP contribution is -2.12. The number of hydrogen-bond donors (Lipinski definition) is 0. The Balaban J connectivity index is 2.23. The molecule has 148 valence electrons. The summed E-state index contributed by atoms with van der Waals surface area (Å²) in [6, 6.07) is 14.0. The van der Waals surface area contributed by atoms with Crippen LogP contribution in [0, 0.1) is 6.92 Å². The van der Waals surface area contributed by atoms with E-state index >= 15 is 0 Å². The van der Waals surface area contributed by atoms with Gasteiger partial charge in [0, 0.05) is 11.1 Å². The number of carbonyl (C=O) groups is 1. The minimum Gasteiger partial charge on any atom is -0.399 e. The van der Waals surface area contributed by atoms with Crippen molar-refractivity contribution < 1.29 is 14.5 Å². The molecule has 0 amide bonds. The molecule has 0 saturated heterocycles. The van der Waals surface area contributed by atoms with Gasteiger partial charge in [0.1, 0.15) is 19.4 Å². The molecule has 0 fully saturated rings. The third-order valence-electron chi connectivity index (χ3n) is 4.54. The minimum absolute atomic E-state index is 0.0686. The van der Waals surface area contributed by atoms with E-state index in [4.69, 9.17) is 9.68 Å². The van der Waals surface area contributed by atoms with Crippen molar-refractivity contribution in [2.24, 2.45) is 10.3 Å². The number of carbonyl (C=O) groups excluding carboxylic acids is 1. The molecule has 0 bridgehead atoms. The number of nitrogens with zero attached hydrogens (tertiary/aromatic N) is 2. The van der Waals surface area contributed by atoms with Crippen molar-refractivity contribution in [3.63, 3.8) is 0 Å². The van der Waals surface area contributed by atoms with E-state index in [1.165, 1.54) is 12.7 Å². The Labute approximate surface area is 167 Å². The lowest BCUT2D eigenvalue weighted by molar-refractivity contribution is -0.102. The van der Waals surface area contributed by atoms with Crippen LogP contribution in [0.25, 0.3) is 0 Å². The highest BCUT2D eigenvalue weighted by atomic mass is 16.6. The molecule has 2 rings (SSSR count). The fourth-order valence-electron chi connectivity index (χ4n) is 2.82. The summed E-state index contributed by atoms with van der Waals surface area (Å²) in [4.78, 5) is 21.8. The average Bonchev–Trinajstić information content (AvgIpc) is 2.66. The maximum absolute atomic E-state index is 11.4. The van der Waals surface area contributed by atoms with Gasteiger partial charge in [0.05, 0.1) is 5.71 Å². The fourth-order valence-corrected chi connectivity index (χ4v) is 2.82. The zero-order chi connectivity index (χ0) is 20.7. The number of benzene rings is 2. The second-order valence-corrected chi connectivity index (χ2v) is 7.66. The van der Waals surface area contributed by atoms with Gasteiger partial charge < -0.3 is 9.68 Å².